The van der Waals surface area contributed by atoms with Crippen molar-refractivity contribution in [1.82, 2.24) is 5.32 Å². The summed E-state index contributed by atoms with van der Waals surface area (Å²) in [6.45, 7) is 8.25. The average molecular weight is 246 g/mol. The van der Waals surface area contributed by atoms with E-state index in [0.717, 1.165) is 18.8 Å². The van der Waals surface area contributed by atoms with Crippen LogP contribution in [0.5, 0.6) is 0 Å². The van der Waals surface area contributed by atoms with E-state index >= 15 is 0 Å². The molecule has 0 spiro atoms. The molecule has 2 N–H and O–H groups in total. The van der Waals surface area contributed by atoms with Crippen LogP contribution in [0, 0.1) is 11.8 Å². The SMILES string of the molecule is CC(C)c1ccc(NC(=O)C(C)C2CNC2)cc1. The molecule has 1 amide bonds. The molecule has 1 fully saturated rings. The summed E-state index contributed by atoms with van der Waals surface area (Å²) >= 11 is 0. The van der Waals surface area contributed by atoms with Crippen molar-refractivity contribution in [2.75, 3.05) is 18.4 Å². The van der Waals surface area contributed by atoms with Crippen molar-refractivity contribution in [1.29, 1.82) is 0 Å². The summed E-state index contributed by atoms with van der Waals surface area (Å²) in [6, 6.07) is 8.13. The highest BCUT2D eigenvalue weighted by Gasteiger charge is 2.28. The second-order valence-corrected chi connectivity index (χ2v) is 5.47. The first-order valence-corrected chi connectivity index (χ1v) is 6.69. The Morgan fingerprint density at radius 1 is 1.22 bits per heavy atom. The first-order valence-electron chi connectivity index (χ1n) is 6.69. The molecule has 1 aliphatic rings. The molecule has 18 heavy (non-hydrogen) atoms. The van der Waals surface area contributed by atoms with Gasteiger partial charge in [0, 0.05) is 11.6 Å². The second-order valence-electron chi connectivity index (χ2n) is 5.47. The summed E-state index contributed by atoms with van der Waals surface area (Å²) in [5.41, 5.74) is 2.19. The minimum absolute atomic E-state index is 0.0797. The van der Waals surface area contributed by atoms with Gasteiger partial charge in [-0.1, -0.05) is 32.9 Å². The maximum Gasteiger partial charge on any atom is 0.227 e. The number of amides is 1. The molecule has 1 atom stereocenters. The largest absolute Gasteiger partial charge is 0.326 e. The molecule has 1 aromatic rings. The maximum atomic E-state index is 12.0. The van der Waals surface area contributed by atoms with Crippen LogP contribution >= 0.6 is 0 Å². The third-order valence-corrected chi connectivity index (χ3v) is 3.78. The van der Waals surface area contributed by atoms with E-state index in [1.54, 1.807) is 0 Å². The molecule has 1 heterocycles. The molecule has 1 unspecified atom stereocenters. The highest BCUT2D eigenvalue weighted by atomic mass is 16.1. The van der Waals surface area contributed by atoms with Crippen LogP contribution < -0.4 is 10.6 Å². The van der Waals surface area contributed by atoms with E-state index in [9.17, 15) is 4.79 Å². The van der Waals surface area contributed by atoms with Crippen molar-refractivity contribution >= 4 is 11.6 Å². The molecule has 3 heteroatoms. The fourth-order valence-electron chi connectivity index (χ4n) is 2.09. The number of carbonyl (C=O) groups is 1. The molecule has 1 aromatic carbocycles. The number of rotatable bonds is 4. The zero-order valence-electron chi connectivity index (χ0n) is 11.4. The Bertz CT molecular complexity index is 407. The lowest BCUT2D eigenvalue weighted by Crippen LogP contribution is -2.48. The Balaban J connectivity index is 1.94. The van der Waals surface area contributed by atoms with Crippen molar-refractivity contribution in [3.63, 3.8) is 0 Å². The van der Waals surface area contributed by atoms with E-state index in [0.29, 0.717) is 11.8 Å². The normalized spacial score (nSPS) is 17.3. The third kappa shape index (κ3) is 2.91. The second kappa shape index (κ2) is 5.53. The monoisotopic (exact) mass is 246 g/mol. The highest BCUT2D eigenvalue weighted by molar-refractivity contribution is 5.92. The van der Waals surface area contributed by atoms with Gasteiger partial charge in [-0.15, -0.1) is 0 Å². The van der Waals surface area contributed by atoms with E-state index < -0.39 is 0 Å². The molecule has 1 saturated heterocycles. The summed E-state index contributed by atoms with van der Waals surface area (Å²) in [7, 11) is 0. The number of nitrogens with one attached hydrogen (secondary N) is 2. The predicted molar refractivity (Wildman–Crippen MR) is 74.7 cm³/mol. The van der Waals surface area contributed by atoms with Crippen LogP contribution in [0.1, 0.15) is 32.3 Å². The molecule has 0 saturated carbocycles. The van der Waals surface area contributed by atoms with E-state index in [1.807, 2.05) is 19.1 Å². The summed E-state index contributed by atoms with van der Waals surface area (Å²) in [6.07, 6.45) is 0. The summed E-state index contributed by atoms with van der Waals surface area (Å²) in [5, 5.41) is 6.19. The molecular weight excluding hydrogens is 224 g/mol. The Morgan fingerprint density at radius 2 is 1.83 bits per heavy atom. The molecule has 2 rings (SSSR count). The minimum Gasteiger partial charge on any atom is -0.326 e. The van der Waals surface area contributed by atoms with E-state index in [1.165, 1.54) is 5.56 Å². The lowest BCUT2D eigenvalue weighted by Gasteiger charge is -2.31. The van der Waals surface area contributed by atoms with Crippen LogP contribution in [-0.2, 0) is 4.79 Å². The van der Waals surface area contributed by atoms with Gasteiger partial charge in [-0.25, -0.2) is 0 Å². The number of hydrogen-bond acceptors (Lipinski definition) is 2. The minimum atomic E-state index is 0.0797. The Kier molecular flexibility index (Phi) is 4.02. The van der Waals surface area contributed by atoms with Crippen LogP contribution in [-0.4, -0.2) is 19.0 Å². The number of anilines is 1. The van der Waals surface area contributed by atoms with Crippen molar-refractivity contribution in [3.8, 4) is 0 Å². The van der Waals surface area contributed by atoms with E-state index in [2.05, 4.69) is 36.6 Å². The first-order chi connectivity index (χ1) is 8.58. The van der Waals surface area contributed by atoms with Gasteiger partial charge in [0.15, 0.2) is 0 Å². The van der Waals surface area contributed by atoms with Gasteiger partial charge in [0.25, 0.3) is 0 Å². The van der Waals surface area contributed by atoms with Gasteiger partial charge >= 0.3 is 0 Å². The Hall–Kier alpha value is -1.35. The third-order valence-electron chi connectivity index (χ3n) is 3.78. The lowest BCUT2D eigenvalue weighted by molar-refractivity contribution is -0.121. The Labute approximate surface area is 109 Å². The van der Waals surface area contributed by atoms with Gasteiger partial charge in [0.1, 0.15) is 0 Å². The summed E-state index contributed by atoms with van der Waals surface area (Å²) in [4.78, 5) is 12.0. The fraction of sp³-hybridized carbons (Fsp3) is 0.533. The molecule has 0 bridgehead atoms. The van der Waals surface area contributed by atoms with Crippen LogP contribution in [0.3, 0.4) is 0 Å². The van der Waals surface area contributed by atoms with Gasteiger partial charge in [0.2, 0.25) is 5.91 Å². The zero-order valence-corrected chi connectivity index (χ0v) is 11.4. The van der Waals surface area contributed by atoms with E-state index in [-0.39, 0.29) is 11.8 Å². The van der Waals surface area contributed by atoms with Gasteiger partial charge < -0.3 is 10.6 Å². The molecule has 0 aliphatic carbocycles. The van der Waals surface area contributed by atoms with Crippen molar-refractivity contribution in [2.24, 2.45) is 11.8 Å². The summed E-state index contributed by atoms with van der Waals surface area (Å²) < 4.78 is 0. The zero-order chi connectivity index (χ0) is 13.1. The average Bonchev–Trinajstić information content (AvgIpc) is 2.27. The molecule has 3 nitrogen and oxygen atoms in total. The van der Waals surface area contributed by atoms with Gasteiger partial charge in [-0.05, 0) is 42.6 Å². The first kappa shape index (κ1) is 13.1. The maximum absolute atomic E-state index is 12.0. The lowest BCUT2D eigenvalue weighted by atomic mass is 9.88. The fourth-order valence-corrected chi connectivity index (χ4v) is 2.09. The van der Waals surface area contributed by atoms with Crippen LogP contribution in [0.25, 0.3) is 0 Å². The van der Waals surface area contributed by atoms with Crippen molar-refractivity contribution in [2.45, 2.75) is 26.7 Å². The Morgan fingerprint density at radius 3 is 2.28 bits per heavy atom. The highest BCUT2D eigenvalue weighted by Crippen LogP contribution is 2.20. The smallest absolute Gasteiger partial charge is 0.227 e. The van der Waals surface area contributed by atoms with Crippen LogP contribution in [0.4, 0.5) is 5.69 Å². The number of carbonyl (C=O) groups excluding carboxylic acids is 1. The molecule has 1 aliphatic heterocycles. The van der Waals surface area contributed by atoms with Crippen molar-refractivity contribution < 1.29 is 4.79 Å². The molecule has 98 valence electrons. The van der Waals surface area contributed by atoms with Crippen molar-refractivity contribution in [3.05, 3.63) is 29.8 Å². The standard InChI is InChI=1S/C15H22N2O/c1-10(2)12-4-6-14(7-5-12)17-15(18)11(3)13-8-16-9-13/h4-7,10-11,13,16H,8-9H2,1-3H3,(H,17,18). The van der Waals surface area contributed by atoms with Gasteiger partial charge in [-0.3, -0.25) is 4.79 Å². The van der Waals surface area contributed by atoms with Crippen LogP contribution in [0.2, 0.25) is 0 Å². The summed E-state index contributed by atoms with van der Waals surface area (Å²) in [5.74, 6) is 1.21. The topological polar surface area (TPSA) is 41.1 Å². The molecule has 0 radical (unpaired) electrons. The quantitative estimate of drug-likeness (QED) is 0.857. The van der Waals surface area contributed by atoms with Crippen LogP contribution in [0.15, 0.2) is 24.3 Å². The van der Waals surface area contributed by atoms with Gasteiger partial charge in [0.05, 0.1) is 0 Å². The van der Waals surface area contributed by atoms with Gasteiger partial charge in [-0.2, -0.15) is 0 Å². The number of hydrogen-bond donors (Lipinski definition) is 2. The predicted octanol–water partition coefficient (Wildman–Crippen LogP) is 2.60. The molecule has 0 aromatic heterocycles. The number of benzene rings is 1. The van der Waals surface area contributed by atoms with E-state index in [4.69, 9.17) is 0 Å². The molecular formula is C15H22N2O.